The highest BCUT2D eigenvalue weighted by Crippen LogP contribution is 2.27. The number of rotatable bonds is 11. The molecule has 4 rings (SSSR count). The number of nitrogens with one attached hydrogen (secondary N) is 2. The number of hydrazone groups is 1. The first-order valence-corrected chi connectivity index (χ1v) is 14.6. The SMILES string of the molecule is Cc1ccc(NC(=O)COc2ccc(/C=N\NC(=O)CN(c3ccc(C)cc3C)S(=O)(=O)c3ccccc3)cc2)cc1. The molecule has 0 saturated heterocycles. The summed E-state index contributed by atoms with van der Waals surface area (Å²) in [5, 5.41) is 6.76. The van der Waals surface area contributed by atoms with Gasteiger partial charge in [0.1, 0.15) is 12.3 Å². The van der Waals surface area contributed by atoms with Gasteiger partial charge in [-0.3, -0.25) is 13.9 Å². The van der Waals surface area contributed by atoms with Gasteiger partial charge in [-0.15, -0.1) is 0 Å². The molecule has 0 unspecified atom stereocenters. The molecule has 9 nitrogen and oxygen atoms in total. The molecule has 0 aliphatic carbocycles. The number of carbonyl (C=O) groups excluding carboxylic acids is 2. The van der Waals surface area contributed by atoms with Crippen LogP contribution in [0.2, 0.25) is 0 Å². The molecule has 0 atom stereocenters. The zero-order valence-corrected chi connectivity index (χ0v) is 24.4. The van der Waals surface area contributed by atoms with Crippen LogP contribution in [-0.4, -0.2) is 39.6 Å². The van der Waals surface area contributed by atoms with Crippen molar-refractivity contribution in [1.82, 2.24) is 5.43 Å². The first-order valence-electron chi connectivity index (χ1n) is 13.2. The second-order valence-corrected chi connectivity index (χ2v) is 11.5. The van der Waals surface area contributed by atoms with Crippen molar-refractivity contribution in [3.8, 4) is 5.75 Å². The van der Waals surface area contributed by atoms with Gasteiger partial charge in [0.05, 0.1) is 16.8 Å². The van der Waals surface area contributed by atoms with Gasteiger partial charge in [0.25, 0.3) is 21.8 Å². The second kappa shape index (κ2) is 13.6. The van der Waals surface area contributed by atoms with Gasteiger partial charge < -0.3 is 10.1 Å². The number of ether oxygens (including phenoxy) is 1. The minimum atomic E-state index is -4.02. The predicted molar refractivity (Wildman–Crippen MR) is 164 cm³/mol. The fraction of sp³-hybridized carbons (Fsp3) is 0.156. The van der Waals surface area contributed by atoms with Gasteiger partial charge in [0.2, 0.25) is 0 Å². The van der Waals surface area contributed by atoms with E-state index < -0.39 is 22.5 Å². The standard InChI is InChI=1S/C32H32N4O5S/c1-23-9-14-27(15-10-23)34-32(38)22-41-28-16-12-26(13-17-28)20-33-35-31(37)21-36(30-18-11-24(2)19-25(30)3)42(39,40)29-7-5-4-6-8-29/h4-20H,21-22H2,1-3H3,(H,34,38)(H,35,37)/b33-20-. The van der Waals surface area contributed by atoms with E-state index in [1.807, 2.05) is 44.2 Å². The van der Waals surface area contributed by atoms with Crippen LogP contribution in [0.25, 0.3) is 0 Å². The van der Waals surface area contributed by atoms with Gasteiger partial charge >= 0.3 is 0 Å². The van der Waals surface area contributed by atoms with Crippen LogP contribution in [0.15, 0.2) is 107 Å². The second-order valence-electron chi connectivity index (χ2n) is 9.68. The molecule has 2 amide bonds. The molecular weight excluding hydrogens is 552 g/mol. The Balaban J connectivity index is 1.36. The molecule has 0 radical (unpaired) electrons. The Labute approximate surface area is 245 Å². The van der Waals surface area contributed by atoms with Gasteiger partial charge in [-0.2, -0.15) is 5.10 Å². The van der Waals surface area contributed by atoms with E-state index in [0.29, 0.717) is 22.7 Å². The lowest BCUT2D eigenvalue weighted by atomic mass is 10.1. The molecule has 0 spiro atoms. The third-order valence-corrected chi connectivity index (χ3v) is 8.00. The summed E-state index contributed by atoms with van der Waals surface area (Å²) < 4.78 is 33.6. The number of anilines is 2. The van der Waals surface area contributed by atoms with E-state index >= 15 is 0 Å². The summed E-state index contributed by atoms with van der Waals surface area (Å²) in [6.07, 6.45) is 1.43. The van der Waals surface area contributed by atoms with Gasteiger partial charge in [0.15, 0.2) is 6.61 Å². The molecule has 216 valence electrons. The Morgan fingerprint density at radius 3 is 2.17 bits per heavy atom. The van der Waals surface area contributed by atoms with Gasteiger partial charge in [-0.1, -0.05) is 53.6 Å². The van der Waals surface area contributed by atoms with Crippen molar-refractivity contribution < 1.29 is 22.7 Å². The van der Waals surface area contributed by atoms with Crippen molar-refractivity contribution in [2.45, 2.75) is 25.7 Å². The molecule has 0 aromatic heterocycles. The Morgan fingerprint density at radius 1 is 0.833 bits per heavy atom. The van der Waals surface area contributed by atoms with Crippen LogP contribution in [0.4, 0.5) is 11.4 Å². The molecule has 0 saturated carbocycles. The van der Waals surface area contributed by atoms with Crippen molar-refractivity contribution in [3.05, 3.63) is 119 Å². The summed E-state index contributed by atoms with van der Waals surface area (Å²) in [4.78, 5) is 25.1. The number of benzene rings is 4. The molecule has 42 heavy (non-hydrogen) atoms. The fourth-order valence-electron chi connectivity index (χ4n) is 4.08. The lowest BCUT2D eigenvalue weighted by Crippen LogP contribution is -2.40. The Morgan fingerprint density at radius 2 is 1.50 bits per heavy atom. The van der Waals surface area contributed by atoms with E-state index in [1.54, 1.807) is 61.5 Å². The van der Waals surface area contributed by atoms with Crippen LogP contribution in [0.3, 0.4) is 0 Å². The summed E-state index contributed by atoms with van der Waals surface area (Å²) >= 11 is 0. The zero-order chi connectivity index (χ0) is 30.1. The van der Waals surface area contributed by atoms with E-state index in [0.717, 1.165) is 21.0 Å². The number of aryl methyl sites for hydroxylation is 3. The predicted octanol–water partition coefficient (Wildman–Crippen LogP) is 4.97. The van der Waals surface area contributed by atoms with Crippen molar-refractivity contribution >= 4 is 39.4 Å². The zero-order valence-electron chi connectivity index (χ0n) is 23.6. The number of nitrogens with zero attached hydrogens (tertiary/aromatic N) is 2. The normalized spacial score (nSPS) is 11.2. The highest BCUT2D eigenvalue weighted by molar-refractivity contribution is 7.92. The lowest BCUT2D eigenvalue weighted by molar-refractivity contribution is -0.119. The fourth-order valence-corrected chi connectivity index (χ4v) is 5.59. The van der Waals surface area contributed by atoms with E-state index in [4.69, 9.17) is 4.74 Å². The first kappa shape index (κ1) is 30.0. The van der Waals surface area contributed by atoms with Gasteiger partial charge in [-0.25, -0.2) is 13.8 Å². The lowest BCUT2D eigenvalue weighted by Gasteiger charge is -2.25. The average molecular weight is 585 g/mol. The maximum Gasteiger partial charge on any atom is 0.264 e. The average Bonchev–Trinajstić information content (AvgIpc) is 2.97. The maximum atomic E-state index is 13.5. The van der Waals surface area contributed by atoms with Crippen LogP contribution in [0, 0.1) is 20.8 Å². The summed E-state index contributed by atoms with van der Waals surface area (Å²) in [6, 6.07) is 27.6. The van der Waals surface area contributed by atoms with E-state index in [-0.39, 0.29) is 17.4 Å². The van der Waals surface area contributed by atoms with Crippen LogP contribution >= 0.6 is 0 Å². The first-order chi connectivity index (χ1) is 20.1. The number of hydrogen-bond donors (Lipinski definition) is 2. The van der Waals surface area contributed by atoms with Crippen LogP contribution in [0.5, 0.6) is 5.75 Å². The molecule has 0 heterocycles. The minimum absolute atomic E-state index is 0.0798. The molecule has 2 N–H and O–H groups in total. The third kappa shape index (κ3) is 8.05. The Kier molecular flexibility index (Phi) is 9.72. The van der Waals surface area contributed by atoms with Crippen LogP contribution < -0.4 is 19.8 Å². The Hall–Kier alpha value is -4.96. The molecule has 4 aromatic carbocycles. The highest BCUT2D eigenvalue weighted by Gasteiger charge is 2.28. The summed E-state index contributed by atoms with van der Waals surface area (Å²) in [7, 11) is -4.02. The van der Waals surface area contributed by atoms with E-state index in [9.17, 15) is 18.0 Å². The number of sulfonamides is 1. The number of carbonyl (C=O) groups is 2. The topological polar surface area (TPSA) is 117 Å². The third-order valence-electron chi connectivity index (χ3n) is 6.23. The molecule has 4 aromatic rings. The van der Waals surface area contributed by atoms with Crippen molar-refractivity contribution in [2.75, 3.05) is 22.8 Å². The highest BCUT2D eigenvalue weighted by atomic mass is 32.2. The smallest absolute Gasteiger partial charge is 0.264 e. The van der Waals surface area contributed by atoms with E-state index in [2.05, 4.69) is 15.8 Å². The molecule has 0 aliphatic rings. The number of hydrogen-bond acceptors (Lipinski definition) is 6. The summed E-state index contributed by atoms with van der Waals surface area (Å²) in [6.45, 7) is 5.07. The molecular formula is C32H32N4O5S. The summed E-state index contributed by atoms with van der Waals surface area (Å²) in [5.74, 6) is -0.396. The largest absolute Gasteiger partial charge is 0.484 e. The van der Waals surface area contributed by atoms with Crippen molar-refractivity contribution in [2.24, 2.45) is 5.10 Å². The van der Waals surface area contributed by atoms with E-state index in [1.165, 1.54) is 18.3 Å². The summed E-state index contributed by atoms with van der Waals surface area (Å²) in [5.41, 5.74) is 6.97. The molecule has 0 fully saturated rings. The maximum absolute atomic E-state index is 13.5. The van der Waals surface area contributed by atoms with Gasteiger partial charge in [0, 0.05) is 5.69 Å². The molecule has 0 bridgehead atoms. The monoisotopic (exact) mass is 584 g/mol. The van der Waals surface area contributed by atoms with Crippen LogP contribution in [0.1, 0.15) is 22.3 Å². The number of amides is 2. The van der Waals surface area contributed by atoms with Crippen molar-refractivity contribution in [3.63, 3.8) is 0 Å². The molecule has 0 aliphatic heterocycles. The molecule has 10 heteroatoms. The quantitative estimate of drug-likeness (QED) is 0.191. The van der Waals surface area contributed by atoms with Gasteiger partial charge in [-0.05, 0) is 86.5 Å². The van der Waals surface area contributed by atoms with Crippen molar-refractivity contribution in [1.29, 1.82) is 0 Å². The minimum Gasteiger partial charge on any atom is -0.484 e. The Bertz CT molecular complexity index is 1670. The van der Waals surface area contributed by atoms with Crippen LogP contribution in [-0.2, 0) is 19.6 Å².